The van der Waals surface area contributed by atoms with Crippen molar-refractivity contribution in [2.24, 2.45) is 5.92 Å². The van der Waals surface area contributed by atoms with Crippen LogP contribution >= 0.6 is 11.8 Å². The van der Waals surface area contributed by atoms with Gasteiger partial charge in [-0.3, -0.25) is 14.3 Å². The van der Waals surface area contributed by atoms with Crippen molar-refractivity contribution >= 4 is 29.3 Å². The van der Waals surface area contributed by atoms with Gasteiger partial charge in [0.1, 0.15) is 0 Å². The smallest absolute Gasteiger partial charge is 0.227 e. The van der Waals surface area contributed by atoms with E-state index in [1.807, 2.05) is 65.7 Å². The largest absolute Gasteiger partial charge is 0.352 e. The van der Waals surface area contributed by atoms with Crippen LogP contribution in [0.4, 0.5) is 5.69 Å². The monoisotopic (exact) mass is 420 g/mol. The molecular weight excluding hydrogens is 396 g/mol. The van der Waals surface area contributed by atoms with Gasteiger partial charge < -0.3 is 10.2 Å². The first-order valence-electron chi connectivity index (χ1n) is 9.90. The van der Waals surface area contributed by atoms with Crippen molar-refractivity contribution in [1.82, 2.24) is 15.1 Å². The summed E-state index contributed by atoms with van der Waals surface area (Å²) in [6.45, 7) is 1.55. The highest BCUT2D eigenvalue weighted by Gasteiger charge is 2.34. The number of hydrogen-bond acceptors (Lipinski definition) is 4. The van der Waals surface area contributed by atoms with Crippen LogP contribution in [0.25, 0.3) is 0 Å². The quantitative estimate of drug-likeness (QED) is 0.596. The number of carbonyl (C=O) groups is 2. The fraction of sp³-hybridized carbons (Fsp3) is 0.261. The molecule has 154 valence electrons. The molecule has 0 aliphatic carbocycles. The number of carbonyl (C=O) groups excluding carboxylic acids is 2. The maximum absolute atomic E-state index is 12.7. The first kappa shape index (κ1) is 20.2. The molecule has 1 unspecified atom stereocenters. The molecule has 2 amide bonds. The van der Waals surface area contributed by atoms with Crippen LogP contribution < -0.4 is 10.2 Å². The lowest BCUT2D eigenvalue weighted by Crippen LogP contribution is -2.32. The van der Waals surface area contributed by atoms with E-state index in [0.29, 0.717) is 19.6 Å². The zero-order chi connectivity index (χ0) is 20.9. The Morgan fingerprint density at radius 3 is 2.70 bits per heavy atom. The summed E-state index contributed by atoms with van der Waals surface area (Å²) < 4.78 is 1.86. The molecule has 30 heavy (non-hydrogen) atoms. The normalized spacial score (nSPS) is 16.1. The molecule has 1 aromatic heterocycles. The van der Waals surface area contributed by atoms with Crippen LogP contribution in [-0.4, -0.2) is 34.4 Å². The van der Waals surface area contributed by atoms with Gasteiger partial charge in [-0.25, -0.2) is 0 Å². The van der Waals surface area contributed by atoms with Crippen LogP contribution in [0.3, 0.4) is 0 Å². The Morgan fingerprint density at radius 1 is 1.17 bits per heavy atom. The summed E-state index contributed by atoms with van der Waals surface area (Å²) in [4.78, 5) is 28.0. The summed E-state index contributed by atoms with van der Waals surface area (Å²) >= 11 is 1.66. The van der Waals surface area contributed by atoms with Crippen molar-refractivity contribution < 1.29 is 9.59 Å². The summed E-state index contributed by atoms with van der Waals surface area (Å²) in [6, 6.07) is 17.9. The SMILES string of the molecule is CSc1ccc(N2CC(C(=O)NCc3cccc(Cn4cccn4)c3)CC2=O)cc1. The number of anilines is 1. The van der Waals surface area contributed by atoms with Crippen molar-refractivity contribution in [2.45, 2.75) is 24.4 Å². The van der Waals surface area contributed by atoms with Gasteiger partial charge in [-0.15, -0.1) is 11.8 Å². The Balaban J connectivity index is 1.33. The number of benzene rings is 2. The number of nitrogens with zero attached hydrogens (tertiary/aromatic N) is 3. The number of nitrogens with one attached hydrogen (secondary N) is 1. The number of aromatic nitrogens is 2. The molecule has 1 aliphatic rings. The highest BCUT2D eigenvalue weighted by molar-refractivity contribution is 7.98. The molecule has 2 heterocycles. The van der Waals surface area contributed by atoms with Crippen molar-refractivity contribution in [1.29, 1.82) is 0 Å². The first-order chi connectivity index (χ1) is 14.6. The maximum atomic E-state index is 12.7. The minimum Gasteiger partial charge on any atom is -0.352 e. The van der Waals surface area contributed by atoms with Crippen LogP contribution in [0.15, 0.2) is 71.9 Å². The third-order valence-electron chi connectivity index (χ3n) is 5.24. The van der Waals surface area contributed by atoms with Gasteiger partial charge in [0.2, 0.25) is 11.8 Å². The minimum atomic E-state index is -0.329. The lowest BCUT2D eigenvalue weighted by molar-refractivity contribution is -0.126. The Labute approximate surface area is 180 Å². The van der Waals surface area contributed by atoms with E-state index in [-0.39, 0.29) is 24.2 Å². The molecule has 1 fully saturated rings. The third-order valence-corrected chi connectivity index (χ3v) is 5.99. The number of rotatable bonds is 7. The highest BCUT2D eigenvalue weighted by atomic mass is 32.2. The number of hydrogen-bond donors (Lipinski definition) is 1. The summed E-state index contributed by atoms with van der Waals surface area (Å²) in [7, 11) is 0. The van der Waals surface area contributed by atoms with E-state index in [4.69, 9.17) is 0 Å². The lowest BCUT2D eigenvalue weighted by Gasteiger charge is -2.17. The van der Waals surface area contributed by atoms with Gasteiger partial charge in [-0.2, -0.15) is 5.10 Å². The highest BCUT2D eigenvalue weighted by Crippen LogP contribution is 2.27. The molecular formula is C23H24N4O2S. The number of thioether (sulfide) groups is 1. The molecule has 1 N–H and O–H groups in total. The van der Waals surface area contributed by atoms with Gasteiger partial charge in [0.15, 0.2) is 0 Å². The zero-order valence-corrected chi connectivity index (χ0v) is 17.6. The lowest BCUT2D eigenvalue weighted by atomic mass is 10.1. The van der Waals surface area contributed by atoms with Gasteiger partial charge in [-0.05, 0) is 47.7 Å². The Bertz CT molecular complexity index is 1020. The average Bonchev–Trinajstić information content (AvgIpc) is 3.42. The van der Waals surface area contributed by atoms with Crippen LogP contribution in [-0.2, 0) is 22.7 Å². The topological polar surface area (TPSA) is 67.2 Å². The van der Waals surface area contributed by atoms with Crippen molar-refractivity contribution in [3.8, 4) is 0 Å². The van der Waals surface area contributed by atoms with E-state index in [2.05, 4.69) is 16.5 Å². The summed E-state index contributed by atoms with van der Waals surface area (Å²) in [5, 5.41) is 7.22. The first-order valence-corrected chi connectivity index (χ1v) is 11.1. The average molecular weight is 421 g/mol. The van der Waals surface area contributed by atoms with Gasteiger partial charge in [0.25, 0.3) is 0 Å². The van der Waals surface area contributed by atoms with Crippen molar-refractivity contribution in [3.63, 3.8) is 0 Å². The Hall–Kier alpha value is -3.06. The molecule has 1 saturated heterocycles. The standard InChI is InChI=1S/C23H24N4O2S/c1-30-21-8-6-20(7-9-21)27-16-19(13-22(27)28)23(29)24-14-17-4-2-5-18(12-17)15-26-11-3-10-25-26/h2-12,19H,13-16H2,1H3,(H,24,29). The fourth-order valence-electron chi connectivity index (χ4n) is 3.65. The van der Waals surface area contributed by atoms with Crippen LogP contribution in [0.2, 0.25) is 0 Å². The predicted molar refractivity (Wildman–Crippen MR) is 118 cm³/mol. The van der Waals surface area contributed by atoms with E-state index in [1.165, 1.54) is 0 Å². The predicted octanol–water partition coefficient (Wildman–Crippen LogP) is 3.32. The summed E-state index contributed by atoms with van der Waals surface area (Å²) in [5.41, 5.74) is 3.00. The van der Waals surface area contributed by atoms with E-state index >= 15 is 0 Å². The fourth-order valence-corrected chi connectivity index (χ4v) is 4.06. The zero-order valence-electron chi connectivity index (χ0n) is 16.8. The van der Waals surface area contributed by atoms with Gasteiger partial charge >= 0.3 is 0 Å². The molecule has 0 saturated carbocycles. The second-order valence-electron chi connectivity index (χ2n) is 7.34. The van der Waals surface area contributed by atoms with E-state index in [0.717, 1.165) is 21.7 Å². The Morgan fingerprint density at radius 2 is 1.97 bits per heavy atom. The molecule has 1 atom stereocenters. The molecule has 1 aliphatic heterocycles. The molecule has 0 bridgehead atoms. The Kier molecular flexibility index (Phi) is 6.18. The van der Waals surface area contributed by atoms with E-state index in [1.54, 1.807) is 22.9 Å². The molecule has 3 aromatic rings. The summed E-state index contributed by atoms with van der Waals surface area (Å²) in [6.07, 6.45) is 5.94. The molecule has 2 aromatic carbocycles. The second kappa shape index (κ2) is 9.17. The van der Waals surface area contributed by atoms with E-state index < -0.39 is 0 Å². The van der Waals surface area contributed by atoms with E-state index in [9.17, 15) is 9.59 Å². The minimum absolute atomic E-state index is 0.00623. The molecule has 0 radical (unpaired) electrons. The molecule has 6 nitrogen and oxygen atoms in total. The van der Waals surface area contributed by atoms with Crippen LogP contribution in [0.5, 0.6) is 0 Å². The molecule has 0 spiro atoms. The molecule has 4 rings (SSSR count). The van der Waals surface area contributed by atoms with Crippen molar-refractivity contribution in [3.05, 3.63) is 78.1 Å². The van der Waals surface area contributed by atoms with Gasteiger partial charge in [0, 0.05) is 42.5 Å². The number of amides is 2. The maximum Gasteiger partial charge on any atom is 0.227 e. The van der Waals surface area contributed by atoms with Gasteiger partial charge in [0.05, 0.1) is 12.5 Å². The van der Waals surface area contributed by atoms with Crippen LogP contribution in [0.1, 0.15) is 17.5 Å². The van der Waals surface area contributed by atoms with Gasteiger partial charge in [-0.1, -0.05) is 24.3 Å². The molecule has 7 heteroatoms. The summed E-state index contributed by atoms with van der Waals surface area (Å²) in [5.74, 6) is -0.415. The third kappa shape index (κ3) is 4.74. The van der Waals surface area contributed by atoms with Crippen molar-refractivity contribution in [2.75, 3.05) is 17.7 Å². The second-order valence-corrected chi connectivity index (χ2v) is 8.22. The van der Waals surface area contributed by atoms with Crippen LogP contribution in [0, 0.1) is 5.92 Å².